The SMILES string of the molecule is CC(C)(C)c1ccc(OCC(=O)NCc2cccs2)cc1. The summed E-state index contributed by atoms with van der Waals surface area (Å²) in [5.41, 5.74) is 1.37. The minimum Gasteiger partial charge on any atom is -0.484 e. The van der Waals surface area contributed by atoms with Crippen molar-refractivity contribution in [2.45, 2.75) is 32.7 Å². The van der Waals surface area contributed by atoms with Crippen LogP contribution in [0.25, 0.3) is 0 Å². The maximum atomic E-state index is 11.7. The van der Waals surface area contributed by atoms with E-state index in [4.69, 9.17) is 4.74 Å². The third kappa shape index (κ3) is 4.90. The fourth-order valence-electron chi connectivity index (χ4n) is 1.85. The summed E-state index contributed by atoms with van der Waals surface area (Å²) < 4.78 is 5.50. The number of nitrogens with one attached hydrogen (secondary N) is 1. The van der Waals surface area contributed by atoms with Gasteiger partial charge in [-0.25, -0.2) is 0 Å². The first-order valence-corrected chi connectivity index (χ1v) is 7.85. The van der Waals surface area contributed by atoms with Gasteiger partial charge in [0, 0.05) is 4.88 Å². The lowest BCUT2D eigenvalue weighted by Crippen LogP contribution is -2.28. The van der Waals surface area contributed by atoms with E-state index < -0.39 is 0 Å². The molecule has 1 aromatic carbocycles. The molecule has 4 heteroatoms. The molecule has 0 aliphatic heterocycles. The number of carbonyl (C=O) groups is 1. The Balaban J connectivity index is 1.78. The Kier molecular flexibility index (Phi) is 5.02. The molecule has 0 atom stereocenters. The van der Waals surface area contributed by atoms with Crippen LogP contribution in [0.2, 0.25) is 0 Å². The molecule has 1 amide bonds. The highest BCUT2D eigenvalue weighted by molar-refractivity contribution is 7.09. The Labute approximate surface area is 130 Å². The molecule has 2 rings (SSSR count). The quantitative estimate of drug-likeness (QED) is 0.913. The minimum atomic E-state index is -0.108. The number of ether oxygens (including phenoxy) is 1. The van der Waals surface area contributed by atoms with Crippen molar-refractivity contribution in [2.24, 2.45) is 0 Å². The Hall–Kier alpha value is -1.81. The summed E-state index contributed by atoms with van der Waals surface area (Å²) in [5, 5.41) is 4.83. The summed E-state index contributed by atoms with van der Waals surface area (Å²) in [6.45, 7) is 7.10. The summed E-state index contributed by atoms with van der Waals surface area (Å²) in [6.07, 6.45) is 0. The summed E-state index contributed by atoms with van der Waals surface area (Å²) in [6, 6.07) is 11.9. The lowest BCUT2D eigenvalue weighted by molar-refractivity contribution is -0.123. The van der Waals surface area contributed by atoms with Crippen LogP contribution in [0.4, 0.5) is 0 Å². The van der Waals surface area contributed by atoms with Gasteiger partial charge in [0.2, 0.25) is 0 Å². The highest BCUT2D eigenvalue weighted by Crippen LogP contribution is 2.24. The lowest BCUT2D eigenvalue weighted by Gasteiger charge is -2.19. The van der Waals surface area contributed by atoms with Crippen LogP contribution in [0.15, 0.2) is 41.8 Å². The Morgan fingerprint density at radius 2 is 1.90 bits per heavy atom. The fourth-order valence-corrected chi connectivity index (χ4v) is 2.49. The summed E-state index contributed by atoms with van der Waals surface area (Å²) in [4.78, 5) is 12.8. The molecule has 21 heavy (non-hydrogen) atoms. The molecular formula is C17H21NO2S. The molecule has 0 spiro atoms. The van der Waals surface area contributed by atoms with Crippen LogP contribution in [0.1, 0.15) is 31.2 Å². The topological polar surface area (TPSA) is 38.3 Å². The molecule has 0 saturated heterocycles. The maximum absolute atomic E-state index is 11.7. The van der Waals surface area contributed by atoms with Crippen molar-refractivity contribution in [3.8, 4) is 5.75 Å². The number of benzene rings is 1. The van der Waals surface area contributed by atoms with Gasteiger partial charge in [0.15, 0.2) is 6.61 Å². The van der Waals surface area contributed by atoms with Crippen LogP contribution in [-0.4, -0.2) is 12.5 Å². The predicted octanol–water partition coefficient (Wildman–Crippen LogP) is 3.74. The summed E-state index contributed by atoms with van der Waals surface area (Å²) in [7, 11) is 0. The van der Waals surface area contributed by atoms with Gasteiger partial charge in [0.05, 0.1) is 6.54 Å². The standard InChI is InChI=1S/C17H21NO2S/c1-17(2,3)13-6-8-14(9-7-13)20-12-16(19)18-11-15-5-4-10-21-15/h4-10H,11-12H2,1-3H3,(H,18,19). The molecule has 0 aliphatic rings. The smallest absolute Gasteiger partial charge is 0.258 e. The number of hydrogen-bond acceptors (Lipinski definition) is 3. The molecule has 1 heterocycles. The van der Waals surface area contributed by atoms with Crippen molar-refractivity contribution in [1.82, 2.24) is 5.32 Å². The number of amides is 1. The molecule has 0 fully saturated rings. The van der Waals surface area contributed by atoms with Crippen molar-refractivity contribution in [3.63, 3.8) is 0 Å². The van der Waals surface area contributed by atoms with E-state index in [2.05, 4.69) is 26.1 Å². The molecule has 1 aromatic heterocycles. The van der Waals surface area contributed by atoms with Crippen molar-refractivity contribution >= 4 is 17.2 Å². The van der Waals surface area contributed by atoms with Crippen molar-refractivity contribution in [3.05, 3.63) is 52.2 Å². The van der Waals surface area contributed by atoms with E-state index in [1.807, 2.05) is 41.8 Å². The van der Waals surface area contributed by atoms with Gasteiger partial charge in [-0.05, 0) is 34.6 Å². The lowest BCUT2D eigenvalue weighted by atomic mass is 9.87. The first kappa shape index (κ1) is 15.6. The van der Waals surface area contributed by atoms with Gasteiger partial charge in [0.1, 0.15) is 5.75 Å². The first-order chi connectivity index (χ1) is 9.95. The predicted molar refractivity (Wildman–Crippen MR) is 86.8 cm³/mol. The third-order valence-corrected chi connectivity index (χ3v) is 4.01. The number of carbonyl (C=O) groups excluding carboxylic acids is 1. The zero-order valence-electron chi connectivity index (χ0n) is 12.7. The summed E-state index contributed by atoms with van der Waals surface area (Å²) in [5.74, 6) is 0.609. The van der Waals surface area contributed by atoms with Crippen molar-refractivity contribution < 1.29 is 9.53 Å². The van der Waals surface area contributed by atoms with Gasteiger partial charge in [-0.2, -0.15) is 0 Å². The Bertz CT molecular complexity index is 568. The van der Waals surface area contributed by atoms with E-state index in [0.29, 0.717) is 12.3 Å². The molecule has 0 aliphatic carbocycles. The van der Waals surface area contributed by atoms with E-state index >= 15 is 0 Å². The minimum absolute atomic E-state index is 0.0419. The molecule has 0 bridgehead atoms. The average molecular weight is 303 g/mol. The fraction of sp³-hybridized carbons (Fsp3) is 0.353. The van der Waals surface area contributed by atoms with E-state index in [1.54, 1.807) is 11.3 Å². The van der Waals surface area contributed by atoms with Gasteiger partial charge in [-0.3, -0.25) is 4.79 Å². The molecule has 3 nitrogen and oxygen atoms in total. The molecule has 0 saturated carbocycles. The second-order valence-electron chi connectivity index (χ2n) is 5.92. The zero-order chi connectivity index (χ0) is 15.3. The second-order valence-corrected chi connectivity index (χ2v) is 6.95. The monoisotopic (exact) mass is 303 g/mol. The van der Waals surface area contributed by atoms with Crippen LogP contribution in [0, 0.1) is 0 Å². The van der Waals surface area contributed by atoms with Gasteiger partial charge >= 0.3 is 0 Å². The highest BCUT2D eigenvalue weighted by atomic mass is 32.1. The van der Waals surface area contributed by atoms with Crippen molar-refractivity contribution in [1.29, 1.82) is 0 Å². The molecule has 112 valence electrons. The molecular weight excluding hydrogens is 282 g/mol. The molecule has 2 aromatic rings. The van der Waals surface area contributed by atoms with Gasteiger partial charge in [-0.15, -0.1) is 11.3 Å². The van der Waals surface area contributed by atoms with Crippen LogP contribution in [0.3, 0.4) is 0 Å². The number of thiophene rings is 1. The Morgan fingerprint density at radius 1 is 1.19 bits per heavy atom. The van der Waals surface area contributed by atoms with Crippen LogP contribution in [-0.2, 0) is 16.8 Å². The van der Waals surface area contributed by atoms with E-state index in [1.165, 1.54) is 5.56 Å². The molecule has 0 unspecified atom stereocenters. The second kappa shape index (κ2) is 6.76. The largest absolute Gasteiger partial charge is 0.484 e. The summed E-state index contributed by atoms with van der Waals surface area (Å²) >= 11 is 1.63. The zero-order valence-corrected chi connectivity index (χ0v) is 13.5. The Morgan fingerprint density at radius 3 is 2.48 bits per heavy atom. The average Bonchev–Trinajstić information content (AvgIpc) is 2.95. The normalized spacial score (nSPS) is 11.2. The van der Waals surface area contributed by atoms with Crippen molar-refractivity contribution in [2.75, 3.05) is 6.61 Å². The third-order valence-electron chi connectivity index (χ3n) is 3.13. The van der Waals surface area contributed by atoms with E-state index in [0.717, 1.165) is 4.88 Å². The van der Waals surface area contributed by atoms with Gasteiger partial charge in [-0.1, -0.05) is 39.0 Å². The van der Waals surface area contributed by atoms with Crippen LogP contribution >= 0.6 is 11.3 Å². The number of rotatable bonds is 5. The van der Waals surface area contributed by atoms with E-state index in [-0.39, 0.29) is 17.9 Å². The van der Waals surface area contributed by atoms with Gasteiger partial charge < -0.3 is 10.1 Å². The van der Waals surface area contributed by atoms with Crippen LogP contribution in [0.5, 0.6) is 5.75 Å². The maximum Gasteiger partial charge on any atom is 0.258 e. The van der Waals surface area contributed by atoms with Gasteiger partial charge in [0.25, 0.3) is 5.91 Å². The van der Waals surface area contributed by atoms with E-state index in [9.17, 15) is 4.79 Å². The highest BCUT2D eigenvalue weighted by Gasteiger charge is 2.13. The molecule has 1 N–H and O–H groups in total. The number of hydrogen-bond donors (Lipinski definition) is 1. The molecule has 0 radical (unpaired) electrons. The first-order valence-electron chi connectivity index (χ1n) is 6.97. The van der Waals surface area contributed by atoms with Crippen LogP contribution < -0.4 is 10.1 Å².